The lowest BCUT2D eigenvalue weighted by Gasteiger charge is -2.31. The molecule has 1 saturated heterocycles. The molecule has 2 aromatic heterocycles. The monoisotopic (exact) mass is 504 g/mol. The second kappa shape index (κ2) is 9.99. The third-order valence-electron chi connectivity index (χ3n) is 6.48. The van der Waals surface area contributed by atoms with E-state index in [1.165, 1.54) is 4.90 Å². The molecule has 0 unspecified atom stereocenters. The van der Waals surface area contributed by atoms with Crippen molar-refractivity contribution in [3.63, 3.8) is 0 Å². The van der Waals surface area contributed by atoms with E-state index in [-0.39, 0.29) is 17.4 Å². The zero-order valence-corrected chi connectivity index (χ0v) is 20.5. The Hall–Kier alpha value is -3.91. The Morgan fingerprint density at radius 3 is 2.81 bits per heavy atom. The van der Waals surface area contributed by atoms with Gasteiger partial charge in [-0.15, -0.1) is 0 Å². The van der Waals surface area contributed by atoms with Crippen LogP contribution in [0.15, 0.2) is 65.6 Å². The number of hydrogen-bond donors (Lipinski definition) is 1. The first-order chi connectivity index (χ1) is 17.4. The second-order valence-electron chi connectivity index (χ2n) is 8.97. The first-order valence-corrected chi connectivity index (χ1v) is 12.2. The van der Waals surface area contributed by atoms with Crippen molar-refractivity contribution in [2.24, 2.45) is 5.92 Å². The van der Waals surface area contributed by atoms with Gasteiger partial charge in [0.15, 0.2) is 0 Å². The van der Waals surface area contributed by atoms with E-state index in [4.69, 9.17) is 21.3 Å². The van der Waals surface area contributed by atoms with Crippen LogP contribution in [0.4, 0.5) is 4.79 Å². The van der Waals surface area contributed by atoms with Crippen LogP contribution in [-0.2, 0) is 6.54 Å². The average molecular weight is 505 g/mol. The number of likely N-dealkylation sites (tertiary alicyclic amines) is 1. The molecule has 0 bridgehead atoms. The number of rotatable bonds is 5. The van der Waals surface area contributed by atoms with Crippen LogP contribution in [0, 0.1) is 12.8 Å². The number of piperidine rings is 1. The zero-order chi connectivity index (χ0) is 25.2. The molecule has 2 aromatic carbocycles. The molecule has 1 atom stereocenters. The molecular formula is C27H25ClN4O4. The van der Waals surface area contributed by atoms with Gasteiger partial charge in [-0.25, -0.2) is 14.8 Å². The van der Waals surface area contributed by atoms with Crippen molar-refractivity contribution in [1.82, 2.24) is 19.4 Å². The van der Waals surface area contributed by atoms with Gasteiger partial charge in [-0.05, 0) is 61.6 Å². The van der Waals surface area contributed by atoms with E-state index in [0.717, 1.165) is 24.0 Å². The van der Waals surface area contributed by atoms with Crippen LogP contribution in [0.25, 0.3) is 22.3 Å². The molecule has 0 aliphatic carbocycles. The Labute approximate surface area is 212 Å². The standard InChI is InChI=1S/C27H25ClN4O4/c1-17-6-2-3-8-20(17)24-30-23-11-10-19(36-25-22(28)9-4-12-29-25)14-21(23)26(33)32(24)16-18-7-5-13-31(15-18)27(34)35/h2-4,6,8-12,14,18H,5,7,13,15-16H2,1H3,(H,34,35)/t18-/m0/s1. The number of aryl methyl sites for hydroxylation is 1. The summed E-state index contributed by atoms with van der Waals surface area (Å²) in [6, 6.07) is 16.3. The van der Waals surface area contributed by atoms with Crippen molar-refractivity contribution in [2.45, 2.75) is 26.3 Å². The number of fused-ring (bicyclic) bond motifs is 1. The van der Waals surface area contributed by atoms with Crippen LogP contribution in [-0.4, -0.2) is 43.7 Å². The second-order valence-corrected chi connectivity index (χ2v) is 9.38. The third kappa shape index (κ3) is 4.77. The molecule has 1 fully saturated rings. The van der Waals surface area contributed by atoms with E-state index in [1.54, 1.807) is 41.1 Å². The normalized spacial score (nSPS) is 15.7. The number of nitrogens with zero attached hydrogens (tertiary/aromatic N) is 4. The number of amides is 1. The largest absolute Gasteiger partial charge is 0.465 e. The minimum absolute atomic E-state index is 0.00123. The average Bonchev–Trinajstić information content (AvgIpc) is 2.88. The highest BCUT2D eigenvalue weighted by molar-refractivity contribution is 6.31. The van der Waals surface area contributed by atoms with Gasteiger partial charge >= 0.3 is 6.09 Å². The van der Waals surface area contributed by atoms with E-state index in [1.807, 2.05) is 31.2 Å². The van der Waals surface area contributed by atoms with Gasteiger partial charge in [0.2, 0.25) is 5.88 Å². The topological polar surface area (TPSA) is 97.6 Å². The Morgan fingerprint density at radius 2 is 2.03 bits per heavy atom. The molecule has 8 nitrogen and oxygen atoms in total. The van der Waals surface area contributed by atoms with Crippen molar-refractivity contribution in [2.75, 3.05) is 13.1 Å². The van der Waals surface area contributed by atoms with E-state index in [2.05, 4.69) is 4.98 Å². The molecule has 3 heterocycles. The van der Waals surface area contributed by atoms with Crippen molar-refractivity contribution in [1.29, 1.82) is 0 Å². The fraction of sp³-hybridized carbons (Fsp3) is 0.259. The lowest BCUT2D eigenvalue weighted by molar-refractivity contribution is 0.116. The van der Waals surface area contributed by atoms with Gasteiger partial charge in [0, 0.05) is 31.4 Å². The van der Waals surface area contributed by atoms with Gasteiger partial charge in [0.1, 0.15) is 16.6 Å². The SMILES string of the molecule is Cc1ccccc1-c1nc2ccc(Oc3ncccc3Cl)cc2c(=O)n1C[C@H]1CCCN(C(=O)O)C1. The van der Waals surface area contributed by atoms with Crippen LogP contribution in [0.1, 0.15) is 18.4 Å². The lowest BCUT2D eigenvalue weighted by Crippen LogP contribution is -2.41. The number of benzene rings is 2. The van der Waals surface area contributed by atoms with Crippen LogP contribution < -0.4 is 10.3 Å². The predicted molar refractivity (Wildman–Crippen MR) is 138 cm³/mol. The van der Waals surface area contributed by atoms with Crippen molar-refractivity contribution >= 4 is 28.6 Å². The summed E-state index contributed by atoms with van der Waals surface area (Å²) in [6.45, 7) is 3.25. The number of pyridine rings is 1. The maximum atomic E-state index is 13.9. The Kier molecular flexibility index (Phi) is 6.61. The molecule has 184 valence electrons. The maximum absolute atomic E-state index is 13.9. The number of carboxylic acid groups (broad SMARTS) is 1. The summed E-state index contributed by atoms with van der Waals surface area (Å²) in [4.78, 5) is 35.9. The van der Waals surface area contributed by atoms with E-state index >= 15 is 0 Å². The van der Waals surface area contributed by atoms with Crippen LogP contribution in [0.2, 0.25) is 5.02 Å². The molecule has 0 saturated carbocycles. The summed E-state index contributed by atoms with van der Waals surface area (Å²) in [7, 11) is 0. The summed E-state index contributed by atoms with van der Waals surface area (Å²) in [5, 5.41) is 10.2. The van der Waals surface area contributed by atoms with Crippen LogP contribution in [0.3, 0.4) is 0 Å². The summed E-state index contributed by atoms with van der Waals surface area (Å²) in [6.07, 6.45) is 2.24. The molecule has 0 spiro atoms. The predicted octanol–water partition coefficient (Wildman–Crippen LogP) is 5.60. The van der Waals surface area contributed by atoms with Gasteiger partial charge in [0.25, 0.3) is 5.56 Å². The molecule has 4 aromatic rings. The number of hydrogen-bond acceptors (Lipinski definition) is 5. The van der Waals surface area contributed by atoms with Gasteiger partial charge in [-0.2, -0.15) is 0 Å². The quantitative estimate of drug-likeness (QED) is 0.380. The fourth-order valence-corrected chi connectivity index (χ4v) is 4.83. The van der Waals surface area contributed by atoms with E-state index in [0.29, 0.717) is 47.1 Å². The minimum Gasteiger partial charge on any atom is -0.465 e. The van der Waals surface area contributed by atoms with Crippen molar-refractivity contribution in [3.8, 4) is 23.0 Å². The van der Waals surface area contributed by atoms with Gasteiger partial charge in [-0.3, -0.25) is 9.36 Å². The maximum Gasteiger partial charge on any atom is 0.407 e. The zero-order valence-electron chi connectivity index (χ0n) is 19.7. The minimum atomic E-state index is -0.933. The molecule has 9 heteroatoms. The number of ether oxygens (including phenoxy) is 1. The first kappa shape index (κ1) is 23.8. The number of halogens is 1. The van der Waals surface area contributed by atoms with Crippen molar-refractivity contribution < 1.29 is 14.6 Å². The van der Waals surface area contributed by atoms with Crippen LogP contribution in [0.5, 0.6) is 11.6 Å². The van der Waals surface area contributed by atoms with Gasteiger partial charge in [0.05, 0.1) is 10.9 Å². The van der Waals surface area contributed by atoms with Crippen LogP contribution >= 0.6 is 11.6 Å². The highest BCUT2D eigenvalue weighted by Crippen LogP contribution is 2.30. The van der Waals surface area contributed by atoms with Gasteiger partial charge in [-0.1, -0.05) is 35.9 Å². The van der Waals surface area contributed by atoms with Crippen molar-refractivity contribution in [3.05, 3.63) is 81.7 Å². The van der Waals surface area contributed by atoms with E-state index < -0.39 is 6.09 Å². The summed E-state index contributed by atoms with van der Waals surface area (Å²) < 4.78 is 7.52. The van der Waals surface area contributed by atoms with E-state index in [9.17, 15) is 14.7 Å². The fourth-order valence-electron chi connectivity index (χ4n) is 4.67. The molecule has 36 heavy (non-hydrogen) atoms. The number of aromatic nitrogens is 3. The Bertz CT molecular complexity index is 1500. The smallest absolute Gasteiger partial charge is 0.407 e. The molecule has 1 amide bonds. The molecule has 5 rings (SSSR count). The molecule has 0 radical (unpaired) electrons. The molecule has 1 aliphatic heterocycles. The summed E-state index contributed by atoms with van der Waals surface area (Å²) in [5.41, 5.74) is 2.20. The molecule has 1 aliphatic rings. The molecule has 1 N–H and O–H groups in total. The Morgan fingerprint density at radius 1 is 1.19 bits per heavy atom. The summed E-state index contributed by atoms with van der Waals surface area (Å²) >= 11 is 6.18. The van der Waals surface area contributed by atoms with Gasteiger partial charge < -0.3 is 14.7 Å². The highest BCUT2D eigenvalue weighted by Gasteiger charge is 2.25. The highest BCUT2D eigenvalue weighted by atomic mass is 35.5. The lowest BCUT2D eigenvalue weighted by atomic mass is 9.97. The first-order valence-electron chi connectivity index (χ1n) is 11.8. The molecular weight excluding hydrogens is 480 g/mol. The number of carbonyl (C=O) groups is 1. The third-order valence-corrected chi connectivity index (χ3v) is 6.77. The Balaban J connectivity index is 1.60. The summed E-state index contributed by atoms with van der Waals surface area (Å²) in [5.74, 6) is 1.24.